The third kappa shape index (κ3) is 1.98. The van der Waals surface area contributed by atoms with Crippen LogP contribution in [0.25, 0.3) is 0 Å². The molecule has 1 heterocycles. The van der Waals surface area contributed by atoms with Crippen LogP contribution in [0.15, 0.2) is 6.07 Å². The third-order valence-electron chi connectivity index (χ3n) is 1.33. The Balaban J connectivity index is 3.06. The van der Waals surface area contributed by atoms with E-state index in [1.807, 2.05) is 19.0 Å². The summed E-state index contributed by atoms with van der Waals surface area (Å²) in [6.45, 7) is 0. The molecule has 1 aromatic heterocycles. The Morgan fingerprint density at radius 2 is 2.08 bits per heavy atom. The lowest BCUT2D eigenvalue weighted by atomic mass is 10.5. The van der Waals surface area contributed by atoms with Gasteiger partial charge in [0.1, 0.15) is 5.82 Å². The molecule has 0 saturated heterocycles. The molecule has 0 radical (unpaired) electrons. The monoisotopic (exact) mass is 187 g/mol. The molecule has 0 unspecified atom stereocenters. The highest BCUT2D eigenvalue weighted by Gasteiger charge is 2.03. The van der Waals surface area contributed by atoms with Gasteiger partial charge in [-0.3, -0.25) is 0 Å². The predicted molar refractivity (Wildman–Crippen MR) is 47.9 cm³/mol. The lowest BCUT2D eigenvalue weighted by molar-refractivity contribution is 0.397. The van der Waals surface area contributed by atoms with E-state index >= 15 is 0 Å². The maximum Gasteiger partial charge on any atom is 0.227 e. The van der Waals surface area contributed by atoms with Gasteiger partial charge in [-0.15, -0.1) is 0 Å². The quantitative estimate of drug-likeness (QED) is 0.653. The van der Waals surface area contributed by atoms with E-state index in [1.165, 1.54) is 7.11 Å². The van der Waals surface area contributed by atoms with E-state index in [2.05, 4.69) is 9.97 Å². The fraction of sp³-hybridized carbons (Fsp3) is 0.429. The number of hydrogen-bond donors (Lipinski definition) is 0. The van der Waals surface area contributed by atoms with Crippen LogP contribution in [0.4, 0.5) is 5.82 Å². The first-order valence-electron chi connectivity index (χ1n) is 3.39. The average Bonchev–Trinajstić information content (AvgIpc) is 2.03. The minimum absolute atomic E-state index is 0.193. The average molecular weight is 188 g/mol. The zero-order valence-electron chi connectivity index (χ0n) is 7.21. The maximum atomic E-state index is 5.64. The van der Waals surface area contributed by atoms with E-state index < -0.39 is 0 Å². The molecule has 4 nitrogen and oxygen atoms in total. The smallest absolute Gasteiger partial charge is 0.227 e. The van der Waals surface area contributed by atoms with Gasteiger partial charge in [0.05, 0.1) is 7.11 Å². The lowest BCUT2D eigenvalue weighted by Gasteiger charge is -2.11. The highest BCUT2D eigenvalue weighted by molar-refractivity contribution is 6.28. The largest absolute Gasteiger partial charge is 0.481 e. The Bertz CT molecular complexity index is 277. The molecule has 0 fully saturated rings. The first-order valence-corrected chi connectivity index (χ1v) is 3.77. The summed E-state index contributed by atoms with van der Waals surface area (Å²) in [4.78, 5) is 9.65. The van der Waals surface area contributed by atoms with Crippen molar-refractivity contribution in [2.75, 3.05) is 26.1 Å². The van der Waals surface area contributed by atoms with Crippen LogP contribution in [-0.2, 0) is 0 Å². The van der Waals surface area contributed by atoms with Crippen LogP contribution < -0.4 is 9.64 Å². The van der Waals surface area contributed by atoms with Gasteiger partial charge in [-0.2, -0.15) is 4.98 Å². The number of ether oxygens (including phenoxy) is 1. The van der Waals surface area contributed by atoms with Crippen molar-refractivity contribution in [3.8, 4) is 5.88 Å². The molecule has 0 aliphatic heterocycles. The van der Waals surface area contributed by atoms with Gasteiger partial charge in [0, 0.05) is 20.2 Å². The van der Waals surface area contributed by atoms with Gasteiger partial charge >= 0.3 is 0 Å². The second kappa shape index (κ2) is 3.58. The van der Waals surface area contributed by atoms with Crippen molar-refractivity contribution in [3.63, 3.8) is 0 Å². The van der Waals surface area contributed by atoms with Crippen molar-refractivity contribution in [2.45, 2.75) is 0 Å². The first kappa shape index (κ1) is 9.06. The molecule has 0 atom stereocenters. The summed E-state index contributed by atoms with van der Waals surface area (Å²) in [5, 5.41) is 0.193. The topological polar surface area (TPSA) is 38.2 Å². The van der Waals surface area contributed by atoms with Gasteiger partial charge in [-0.25, -0.2) is 4.98 Å². The van der Waals surface area contributed by atoms with Crippen LogP contribution in [0.2, 0.25) is 5.28 Å². The summed E-state index contributed by atoms with van der Waals surface area (Å²) in [6, 6.07) is 1.71. The van der Waals surface area contributed by atoms with E-state index in [4.69, 9.17) is 16.3 Å². The molecular formula is C7H10ClN3O. The number of aromatic nitrogens is 2. The summed E-state index contributed by atoms with van der Waals surface area (Å²) in [5.41, 5.74) is 0. The lowest BCUT2D eigenvalue weighted by Crippen LogP contribution is -2.11. The summed E-state index contributed by atoms with van der Waals surface area (Å²) >= 11 is 5.64. The molecule has 0 aliphatic carbocycles. The van der Waals surface area contributed by atoms with Gasteiger partial charge in [-0.05, 0) is 11.6 Å². The second-order valence-electron chi connectivity index (χ2n) is 2.43. The third-order valence-corrected chi connectivity index (χ3v) is 1.50. The van der Waals surface area contributed by atoms with E-state index in [-0.39, 0.29) is 5.28 Å². The minimum atomic E-state index is 0.193. The van der Waals surface area contributed by atoms with Crippen LogP contribution in [0.3, 0.4) is 0 Å². The molecule has 0 aliphatic rings. The zero-order valence-corrected chi connectivity index (χ0v) is 7.96. The minimum Gasteiger partial charge on any atom is -0.481 e. The molecular weight excluding hydrogens is 178 g/mol. The van der Waals surface area contributed by atoms with Crippen LogP contribution in [0, 0.1) is 0 Å². The van der Waals surface area contributed by atoms with Crippen LogP contribution in [0.5, 0.6) is 5.88 Å². The Hall–Kier alpha value is -1.03. The molecule has 0 N–H and O–H groups in total. The summed E-state index contributed by atoms with van der Waals surface area (Å²) in [5.74, 6) is 1.20. The summed E-state index contributed by atoms with van der Waals surface area (Å²) in [7, 11) is 5.29. The standard InChI is InChI=1S/C7H10ClN3O/c1-11(2)5-4-6(12-3)10-7(8)9-5/h4H,1-3H3. The molecule has 1 aromatic rings. The van der Waals surface area contributed by atoms with Gasteiger partial charge in [0.25, 0.3) is 0 Å². The van der Waals surface area contributed by atoms with E-state index in [1.54, 1.807) is 6.07 Å². The van der Waals surface area contributed by atoms with E-state index in [0.29, 0.717) is 5.88 Å². The van der Waals surface area contributed by atoms with Crippen molar-refractivity contribution >= 4 is 17.4 Å². The molecule has 0 bridgehead atoms. The fourth-order valence-electron chi connectivity index (χ4n) is 0.719. The van der Waals surface area contributed by atoms with Gasteiger partial charge in [-0.1, -0.05) is 0 Å². The second-order valence-corrected chi connectivity index (χ2v) is 2.77. The van der Waals surface area contributed by atoms with E-state index in [9.17, 15) is 0 Å². The zero-order chi connectivity index (χ0) is 9.14. The summed E-state index contributed by atoms with van der Waals surface area (Å²) < 4.78 is 4.92. The highest BCUT2D eigenvalue weighted by atomic mass is 35.5. The van der Waals surface area contributed by atoms with Crippen LogP contribution in [0.1, 0.15) is 0 Å². The SMILES string of the molecule is COc1cc(N(C)C)nc(Cl)n1. The first-order chi connectivity index (χ1) is 5.63. The Labute approximate surface area is 76.1 Å². The molecule has 12 heavy (non-hydrogen) atoms. The van der Waals surface area contributed by atoms with Crippen molar-refractivity contribution in [1.29, 1.82) is 0 Å². The number of anilines is 1. The maximum absolute atomic E-state index is 5.64. The van der Waals surface area contributed by atoms with Crippen molar-refractivity contribution in [1.82, 2.24) is 9.97 Å². The molecule has 0 spiro atoms. The molecule has 0 aromatic carbocycles. The van der Waals surface area contributed by atoms with E-state index in [0.717, 1.165) is 5.82 Å². The number of rotatable bonds is 2. The molecule has 0 amide bonds. The van der Waals surface area contributed by atoms with Crippen molar-refractivity contribution in [2.24, 2.45) is 0 Å². The highest BCUT2D eigenvalue weighted by Crippen LogP contribution is 2.17. The van der Waals surface area contributed by atoms with Crippen LogP contribution in [-0.4, -0.2) is 31.2 Å². The molecule has 5 heteroatoms. The Kier molecular flexibility index (Phi) is 2.70. The number of methoxy groups -OCH3 is 1. The number of hydrogen-bond acceptors (Lipinski definition) is 4. The van der Waals surface area contributed by atoms with Crippen LogP contribution >= 0.6 is 11.6 Å². The number of nitrogens with zero attached hydrogens (tertiary/aromatic N) is 3. The fourth-order valence-corrected chi connectivity index (χ4v) is 0.889. The van der Waals surface area contributed by atoms with Gasteiger partial charge < -0.3 is 9.64 Å². The van der Waals surface area contributed by atoms with Crippen molar-refractivity contribution < 1.29 is 4.74 Å². The normalized spacial score (nSPS) is 9.67. The molecule has 66 valence electrons. The summed E-state index contributed by atoms with van der Waals surface area (Å²) in [6.07, 6.45) is 0. The van der Waals surface area contributed by atoms with Crippen molar-refractivity contribution in [3.05, 3.63) is 11.3 Å². The Morgan fingerprint density at radius 1 is 1.42 bits per heavy atom. The molecule has 0 saturated carbocycles. The predicted octanol–water partition coefficient (Wildman–Crippen LogP) is 1.20. The van der Waals surface area contributed by atoms with Gasteiger partial charge in [0.2, 0.25) is 11.2 Å². The number of halogens is 1. The molecule has 1 rings (SSSR count). The Morgan fingerprint density at radius 3 is 2.58 bits per heavy atom. The van der Waals surface area contributed by atoms with Gasteiger partial charge in [0.15, 0.2) is 0 Å².